The number of β-amino-alcohol motifs (C(OH)–C–C–N with tert-alkyl or cyclic N) is 1. The zero-order valence-electron chi connectivity index (χ0n) is 25.6. The first-order chi connectivity index (χ1) is 21.0. The van der Waals surface area contributed by atoms with Gasteiger partial charge in [-0.25, -0.2) is 9.97 Å². The number of fused-ring (bicyclic) bond motifs is 1. The van der Waals surface area contributed by atoms with Gasteiger partial charge in [0.25, 0.3) is 5.91 Å². The Morgan fingerprint density at radius 3 is 2.66 bits per heavy atom. The molecule has 0 saturated carbocycles. The van der Waals surface area contributed by atoms with Crippen molar-refractivity contribution < 1.29 is 19.7 Å². The van der Waals surface area contributed by atoms with E-state index in [1.165, 1.54) is 7.11 Å². The van der Waals surface area contributed by atoms with Gasteiger partial charge in [-0.3, -0.25) is 4.79 Å². The van der Waals surface area contributed by atoms with Crippen LogP contribution >= 0.6 is 0 Å². The van der Waals surface area contributed by atoms with Crippen molar-refractivity contribution in [3.05, 3.63) is 83.4 Å². The minimum absolute atomic E-state index is 0.199. The fourth-order valence-electron chi connectivity index (χ4n) is 5.68. The van der Waals surface area contributed by atoms with Gasteiger partial charge < -0.3 is 29.7 Å². The molecule has 1 amide bonds. The Kier molecular flexibility index (Phi) is 7.60. The van der Waals surface area contributed by atoms with Crippen LogP contribution in [-0.4, -0.2) is 71.5 Å². The number of benzene rings is 2. The van der Waals surface area contributed by atoms with Crippen LogP contribution in [0.3, 0.4) is 0 Å². The SMILES string of the molecule is COc1ccc(-c2c(C)nn3c(NCc4cccc(-c5nccn5C)c4)cc(C(C)(C)O)nc23)cc1C(=O)N1CC[C@H](O)C1. The van der Waals surface area contributed by atoms with Crippen LogP contribution in [-0.2, 0) is 19.2 Å². The van der Waals surface area contributed by atoms with Gasteiger partial charge in [0.15, 0.2) is 5.65 Å². The smallest absolute Gasteiger partial charge is 0.257 e. The molecule has 1 saturated heterocycles. The number of hydrogen-bond acceptors (Lipinski definition) is 8. The van der Waals surface area contributed by atoms with Gasteiger partial charge in [0, 0.05) is 56.3 Å². The summed E-state index contributed by atoms with van der Waals surface area (Å²) in [5.74, 6) is 1.80. The van der Waals surface area contributed by atoms with E-state index >= 15 is 0 Å². The van der Waals surface area contributed by atoms with Crippen molar-refractivity contribution in [1.29, 1.82) is 0 Å². The van der Waals surface area contributed by atoms with Gasteiger partial charge in [-0.05, 0) is 56.5 Å². The second-order valence-corrected chi connectivity index (χ2v) is 11.8. The standard InChI is InChI=1S/C33H37N7O4/c1-20-29(22-9-10-26(44-5)25(16-22)32(42)39-13-11-24(41)19-39)31-36-27(33(2,3)43)17-28(40(31)37-20)35-18-21-7-6-8-23(15-21)30-34-12-14-38(30)4/h6-10,12,14-17,24,35,41,43H,11,13,18-19H2,1-5H3/t24-/m0/s1. The number of nitrogens with zero attached hydrogens (tertiary/aromatic N) is 6. The highest BCUT2D eigenvalue weighted by molar-refractivity contribution is 5.99. The molecule has 1 aliphatic heterocycles. The molecule has 6 rings (SSSR count). The van der Waals surface area contributed by atoms with Gasteiger partial charge in [-0.1, -0.05) is 24.3 Å². The third-order valence-electron chi connectivity index (χ3n) is 8.04. The Hall–Kier alpha value is -4.74. The minimum atomic E-state index is -1.22. The van der Waals surface area contributed by atoms with Crippen LogP contribution in [0.2, 0.25) is 0 Å². The Bertz CT molecular complexity index is 1850. The van der Waals surface area contributed by atoms with Crippen molar-refractivity contribution in [3.63, 3.8) is 0 Å². The van der Waals surface area contributed by atoms with Crippen molar-refractivity contribution in [2.24, 2.45) is 7.05 Å². The number of hydrogen-bond donors (Lipinski definition) is 3. The van der Waals surface area contributed by atoms with Crippen molar-refractivity contribution in [2.45, 2.75) is 45.4 Å². The largest absolute Gasteiger partial charge is 0.496 e. The number of anilines is 1. The van der Waals surface area contributed by atoms with Gasteiger partial charge >= 0.3 is 0 Å². The van der Waals surface area contributed by atoms with E-state index in [1.807, 2.05) is 55.1 Å². The maximum absolute atomic E-state index is 13.5. The number of aliphatic hydroxyl groups excluding tert-OH is 1. The highest BCUT2D eigenvalue weighted by Crippen LogP contribution is 2.35. The van der Waals surface area contributed by atoms with Crippen LogP contribution in [0.5, 0.6) is 5.75 Å². The van der Waals surface area contributed by atoms with E-state index in [-0.39, 0.29) is 12.5 Å². The molecule has 0 unspecified atom stereocenters. The predicted molar refractivity (Wildman–Crippen MR) is 167 cm³/mol. The summed E-state index contributed by atoms with van der Waals surface area (Å²) in [7, 11) is 3.50. The van der Waals surface area contributed by atoms with E-state index in [1.54, 1.807) is 41.6 Å². The molecule has 2 aromatic carbocycles. The monoisotopic (exact) mass is 595 g/mol. The predicted octanol–water partition coefficient (Wildman–Crippen LogP) is 4.16. The summed E-state index contributed by atoms with van der Waals surface area (Å²) in [6.45, 7) is 6.57. The molecular weight excluding hydrogens is 558 g/mol. The fraction of sp³-hybridized carbons (Fsp3) is 0.333. The highest BCUT2D eigenvalue weighted by atomic mass is 16.5. The minimum Gasteiger partial charge on any atom is -0.496 e. The molecular formula is C33H37N7O4. The summed E-state index contributed by atoms with van der Waals surface area (Å²) in [4.78, 5) is 24.4. The molecule has 1 fully saturated rings. The van der Waals surface area contributed by atoms with E-state index in [9.17, 15) is 15.0 Å². The number of carbonyl (C=O) groups excluding carboxylic acids is 1. The van der Waals surface area contributed by atoms with Gasteiger partial charge in [0.1, 0.15) is 23.0 Å². The summed E-state index contributed by atoms with van der Waals surface area (Å²) in [5, 5.41) is 29.4. The molecule has 4 heterocycles. The van der Waals surface area contributed by atoms with Gasteiger partial charge in [-0.2, -0.15) is 9.61 Å². The van der Waals surface area contributed by atoms with Gasteiger partial charge in [0.2, 0.25) is 0 Å². The zero-order chi connectivity index (χ0) is 31.2. The van der Waals surface area contributed by atoms with Crippen LogP contribution in [0.4, 0.5) is 5.82 Å². The molecule has 228 valence electrons. The molecule has 5 aromatic rings. The number of ether oxygens (including phenoxy) is 1. The van der Waals surface area contributed by atoms with Crippen LogP contribution in [0, 0.1) is 6.92 Å². The number of imidazole rings is 1. The van der Waals surface area contributed by atoms with Crippen molar-refractivity contribution >= 4 is 17.4 Å². The average molecular weight is 596 g/mol. The number of carbonyl (C=O) groups is 1. The highest BCUT2D eigenvalue weighted by Gasteiger charge is 2.29. The van der Waals surface area contributed by atoms with E-state index in [4.69, 9.17) is 14.8 Å². The number of likely N-dealkylation sites (tertiary alicyclic amines) is 1. The van der Waals surface area contributed by atoms with E-state index < -0.39 is 11.7 Å². The van der Waals surface area contributed by atoms with Gasteiger partial charge in [0.05, 0.1) is 30.2 Å². The third kappa shape index (κ3) is 5.51. The van der Waals surface area contributed by atoms with Crippen molar-refractivity contribution in [2.75, 3.05) is 25.5 Å². The number of rotatable bonds is 8. The lowest BCUT2D eigenvalue weighted by atomic mass is 10.0. The van der Waals surface area contributed by atoms with E-state index in [2.05, 4.69) is 16.4 Å². The normalized spacial score (nSPS) is 15.2. The molecule has 0 bridgehead atoms. The first-order valence-electron chi connectivity index (χ1n) is 14.6. The maximum Gasteiger partial charge on any atom is 0.257 e. The first kappa shape index (κ1) is 29.3. The Morgan fingerprint density at radius 2 is 1.98 bits per heavy atom. The zero-order valence-corrected chi connectivity index (χ0v) is 25.6. The second kappa shape index (κ2) is 11.4. The first-order valence-corrected chi connectivity index (χ1v) is 14.6. The molecule has 0 aliphatic carbocycles. The lowest BCUT2D eigenvalue weighted by Gasteiger charge is -2.19. The molecule has 44 heavy (non-hydrogen) atoms. The Labute approximate surface area is 255 Å². The topological polar surface area (TPSA) is 130 Å². The number of amides is 1. The molecule has 0 spiro atoms. The summed E-state index contributed by atoms with van der Waals surface area (Å²) in [5.41, 5.74) is 4.48. The molecule has 1 aliphatic rings. The van der Waals surface area contributed by atoms with E-state index in [0.717, 1.165) is 28.1 Å². The Balaban J connectivity index is 1.40. The van der Waals surface area contributed by atoms with Gasteiger partial charge in [-0.15, -0.1) is 0 Å². The van der Waals surface area contributed by atoms with Crippen LogP contribution in [0.15, 0.2) is 60.9 Å². The third-order valence-corrected chi connectivity index (χ3v) is 8.04. The number of aryl methyl sites for hydroxylation is 2. The quantitative estimate of drug-likeness (QED) is 0.244. The van der Waals surface area contributed by atoms with Crippen LogP contribution < -0.4 is 10.1 Å². The summed E-state index contributed by atoms with van der Waals surface area (Å²) in [6, 6.07) is 15.4. The summed E-state index contributed by atoms with van der Waals surface area (Å²) in [6.07, 6.45) is 3.72. The van der Waals surface area contributed by atoms with Crippen molar-refractivity contribution in [1.82, 2.24) is 29.0 Å². The van der Waals surface area contributed by atoms with Crippen molar-refractivity contribution in [3.8, 4) is 28.3 Å². The number of methoxy groups -OCH3 is 1. The molecule has 3 N–H and O–H groups in total. The fourth-order valence-corrected chi connectivity index (χ4v) is 5.68. The number of aromatic nitrogens is 5. The number of nitrogens with one attached hydrogen (secondary N) is 1. The summed E-state index contributed by atoms with van der Waals surface area (Å²) < 4.78 is 9.27. The van der Waals surface area contributed by atoms with E-state index in [0.29, 0.717) is 53.7 Å². The van der Waals surface area contributed by atoms with Crippen LogP contribution in [0.25, 0.3) is 28.2 Å². The van der Waals surface area contributed by atoms with Crippen LogP contribution in [0.1, 0.15) is 47.6 Å². The second-order valence-electron chi connectivity index (χ2n) is 11.8. The molecule has 1 atom stereocenters. The summed E-state index contributed by atoms with van der Waals surface area (Å²) >= 11 is 0. The lowest BCUT2D eigenvalue weighted by molar-refractivity contribution is 0.0739. The lowest BCUT2D eigenvalue weighted by Crippen LogP contribution is -2.29. The maximum atomic E-state index is 13.5. The molecule has 3 aromatic heterocycles. The molecule has 0 radical (unpaired) electrons. The molecule has 11 heteroatoms. The average Bonchev–Trinajstić information content (AvgIpc) is 3.72. The Morgan fingerprint density at radius 1 is 1.16 bits per heavy atom. The molecule has 11 nitrogen and oxygen atoms in total. The number of aliphatic hydroxyl groups is 2.